The number of morpholine rings is 1. The molecule has 1 aliphatic rings. The number of para-hydroxylation sites is 1. The van der Waals surface area contributed by atoms with Gasteiger partial charge in [-0.05, 0) is 18.6 Å². The van der Waals surface area contributed by atoms with Crippen LogP contribution < -0.4 is 10.4 Å². The maximum Gasteiger partial charge on any atom is 0.256 e. The van der Waals surface area contributed by atoms with Crippen molar-refractivity contribution >= 4 is 23.5 Å². The van der Waals surface area contributed by atoms with E-state index in [1.807, 2.05) is 0 Å². The van der Waals surface area contributed by atoms with Crippen LogP contribution in [0.1, 0.15) is 23.2 Å². The van der Waals surface area contributed by atoms with E-state index in [1.54, 1.807) is 29.2 Å². The van der Waals surface area contributed by atoms with E-state index in [2.05, 4.69) is 5.32 Å². The fourth-order valence-corrected chi connectivity index (χ4v) is 2.14. The van der Waals surface area contributed by atoms with Gasteiger partial charge in [0.1, 0.15) is 0 Å². The molecule has 0 bridgehead atoms. The summed E-state index contributed by atoms with van der Waals surface area (Å²) in [5, 5.41) is 13.0. The molecule has 0 radical (unpaired) electrons. The maximum atomic E-state index is 12.5. The molecular weight excluding hydrogens is 288 g/mol. The van der Waals surface area contributed by atoms with Gasteiger partial charge < -0.3 is 24.9 Å². The van der Waals surface area contributed by atoms with Gasteiger partial charge in [0.25, 0.3) is 5.91 Å². The lowest BCUT2D eigenvalue weighted by atomic mass is 10.1. The van der Waals surface area contributed by atoms with Gasteiger partial charge in [-0.3, -0.25) is 9.59 Å². The quantitative estimate of drug-likeness (QED) is 0.800. The molecule has 118 valence electrons. The smallest absolute Gasteiger partial charge is 0.256 e. The molecule has 1 heterocycles. The number of benzene rings is 1. The molecule has 1 aromatic carbocycles. The summed E-state index contributed by atoms with van der Waals surface area (Å²) in [5.41, 5.74) is 0.758. The molecule has 7 nitrogen and oxygen atoms in total. The van der Waals surface area contributed by atoms with Crippen LogP contribution in [0.15, 0.2) is 24.3 Å². The number of aliphatic carboxylic acids is 1. The number of amides is 2. The summed E-state index contributed by atoms with van der Waals surface area (Å²) >= 11 is 0. The van der Waals surface area contributed by atoms with E-state index < -0.39 is 11.9 Å². The standard InChI is InChI=1S/C15H18N2O5/c18-13(5-6-14(19)20)16-12-4-2-1-3-11(12)15(21)17-7-9-22-10-8-17/h1-4H,5-10H2,(H,16,18)(H,19,20)/p-1. The predicted octanol–water partition coefficient (Wildman–Crippen LogP) is -0.372. The Bertz CT molecular complexity index is 567. The highest BCUT2D eigenvalue weighted by atomic mass is 16.5. The minimum atomic E-state index is -1.28. The summed E-state index contributed by atoms with van der Waals surface area (Å²) < 4.78 is 5.21. The molecule has 0 aromatic heterocycles. The second-order valence-corrected chi connectivity index (χ2v) is 4.87. The summed E-state index contributed by atoms with van der Waals surface area (Å²) in [4.78, 5) is 36.2. The van der Waals surface area contributed by atoms with Crippen LogP contribution in [0.2, 0.25) is 0 Å². The molecule has 1 fully saturated rings. The highest BCUT2D eigenvalue weighted by Gasteiger charge is 2.21. The first-order chi connectivity index (χ1) is 10.6. The number of carbonyl (C=O) groups is 3. The zero-order chi connectivity index (χ0) is 15.9. The van der Waals surface area contributed by atoms with Crippen LogP contribution in [0.5, 0.6) is 0 Å². The van der Waals surface area contributed by atoms with Crippen LogP contribution in [0.4, 0.5) is 5.69 Å². The molecule has 1 aliphatic heterocycles. The monoisotopic (exact) mass is 305 g/mol. The molecule has 1 N–H and O–H groups in total. The van der Waals surface area contributed by atoms with Crippen LogP contribution >= 0.6 is 0 Å². The van der Waals surface area contributed by atoms with Gasteiger partial charge in [0.05, 0.1) is 24.5 Å². The molecule has 2 rings (SSSR count). The first-order valence-electron chi connectivity index (χ1n) is 7.03. The number of hydrogen-bond donors (Lipinski definition) is 1. The van der Waals surface area contributed by atoms with Crippen LogP contribution in [-0.2, 0) is 14.3 Å². The molecule has 0 saturated carbocycles. The Kier molecular flexibility index (Phi) is 5.48. The third kappa shape index (κ3) is 4.29. The van der Waals surface area contributed by atoms with Gasteiger partial charge in [-0.15, -0.1) is 0 Å². The van der Waals surface area contributed by atoms with Crippen LogP contribution in [0.3, 0.4) is 0 Å². The van der Waals surface area contributed by atoms with E-state index in [0.29, 0.717) is 37.6 Å². The van der Waals surface area contributed by atoms with E-state index in [1.165, 1.54) is 0 Å². The average Bonchev–Trinajstić information content (AvgIpc) is 2.53. The zero-order valence-corrected chi connectivity index (χ0v) is 12.0. The zero-order valence-electron chi connectivity index (χ0n) is 12.0. The van der Waals surface area contributed by atoms with Gasteiger partial charge >= 0.3 is 0 Å². The maximum absolute atomic E-state index is 12.5. The van der Waals surface area contributed by atoms with E-state index in [9.17, 15) is 19.5 Å². The van der Waals surface area contributed by atoms with Gasteiger partial charge in [0, 0.05) is 25.5 Å². The minimum Gasteiger partial charge on any atom is -0.550 e. The Morgan fingerprint density at radius 2 is 1.82 bits per heavy atom. The molecule has 1 saturated heterocycles. The predicted molar refractivity (Wildman–Crippen MR) is 76.0 cm³/mol. The molecule has 22 heavy (non-hydrogen) atoms. The van der Waals surface area contributed by atoms with Gasteiger partial charge in [-0.2, -0.15) is 0 Å². The first-order valence-corrected chi connectivity index (χ1v) is 7.03. The summed E-state index contributed by atoms with van der Waals surface area (Å²) in [6.07, 6.45) is -0.548. The van der Waals surface area contributed by atoms with Gasteiger partial charge in [-0.25, -0.2) is 0 Å². The lowest BCUT2D eigenvalue weighted by Gasteiger charge is -2.27. The largest absolute Gasteiger partial charge is 0.550 e. The molecule has 0 spiro atoms. The minimum absolute atomic E-state index is 0.181. The van der Waals surface area contributed by atoms with Crippen molar-refractivity contribution in [3.63, 3.8) is 0 Å². The summed E-state index contributed by atoms with van der Waals surface area (Å²) in [5.74, 6) is -1.93. The highest BCUT2D eigenvalue weighted by molar-refractivity contribution is 6.04. The Morgan fingerprint density at radius 1 is 1.14 bits per heavy atom. The second kappa shape index (κ2) is 7.56. The van der Waals surface area contributed by atoms with Crippen molar-refractivity contribution in [2.75, 3.05) is 31.6 Å². The SMILES string of the molecule is O=C([O-])CCC(=O)Nc1ccccc1C(=O)N1CCOCC1. The molecule has 2 amide bonds. The number of hydrogen-bond acceptors (Lipinski definition) is 5. The van der Waals surface area contributed by atoms with Crippen molar-refractivity contribution < 1.29 is 24.2 Å². The summed E-state index contributed by atoms with van der Waals surface area (Å²) in [6, 6.07) is 6.66. The topological polar surface area (TPSA) is 98.8 Å². The van der Waals surface area contributed by atoms with Crippen LogP contribution in [0, 0.1) is 0 Å². The molecular formula is C15H17N2O5-. The Labute approximate surface area is 127 Å². The molecule has 0 atom stereocenters. The van der Waals surface area contributed by atoms with Gasteiger partial charge in [0.15, 0.2) is 0 Å². The summed E-state index contributed by atoms with van der Waals surface area (Å²) in [7, 11) is 0. The van der Waals surface area contributed by atoms with E-state index in [-0.39, 0.29) is 18.7 Å². The number of anilines is 1. The van der Waals surface area contributed by atoms with Crippen molar-refractivity contribution in [1.82, 2.24) is 4.90 Å². The van der Waals surface area contributed by atoms with Crippen molar-refractivity contribution in [3.05, 3.63) is 29.8 Å². The van der Waals surface area contributed by atoms with Crippen molar-refractivity contribution in [2.45, 2.75) is 12.8 Å². The Balaban J connectivity index is 2.07. The van der Waals surface area contributed by atoms with Crippen molar-refractivity contribution in [3.8, 4) is 0 Å². The van der Waals surface area contributed by atoms with Crippen molar-refractivity contribution in [1.29, 1.82) is 0 Å². The van der Waals surface area contributed by atoms with Crippen molar-refractivity contribution in [2.24, 2.45) is 0 Å². The summed E-state index contributed by atoms with van der Waals surface area (Å²) in [6.45, 7) is 2.00. The number of carboxylic acids is 1. The lowest BCUT2D eigenvalue weighted by Crippen LogP contribution is -2.41. The normalized spacial score (nSPS) is 14.5. The van der Waals surface area contributed by atoms with Gasteiger partial charge in [-0.1, -0.05) is 12.1 Å². The number of ether oxygens (including phenoxy) is 1. The molecule has 7 heteroatoms. The number of rotatable bonds is 5. The fourth-order valence-electron chi connectivity index (χ4n) is 2.14. The number of nitrogens with zero attached hydrogens (tertiary/aromatic N) is 1. The van der Waals surface area contributed by atoms with Crippen LogP contribution in [-0.4, -0.2) is 49.0 Å². The highest BCUT2D eigenvalue weighted by Crippen LogP contribution is 2.18. The molecule has 0 unspecified atom stereocenters. The second-order valence-electron chi connectivity index (χ2n) is 4.87. The lowest BCUT2D eigenvalue weighted by molar-refractivity contribution is -0.305. The van der Waals surface area contributed by atoms with Crippen LogP contribution in [0.25, 0.3) is 0 Å². The third-order valence-electron chi connectivity index (χ3n) is 3.29. The number of carboxylic acid groups (broad SMARTS) is 1. The number of carbonyl (C=O) groups excluding carboxylic acids is 3. The molecule has 0 aliphatic carbocycles. The third-order valence-corrected chi connectivity index (χ3v) is 3.29. The number of nitrogens with one attached hydrogen (secondary N) is 1. The Morgan fingerprint density at radius 3 is 2.50 bits per heavy atom. The van der Waals surface area contributed by atoms with Gasteiger partial charge in [0.2, 0.25) is 5.91 Å². The fraction of sp³-hybridized carbons (Fsp3) is 0.400. The molecule has 1 aromatic rings. The Hall–Kier alpha value is -2.41. The van der Waals surface area contributed by atoms with E-state index in [4.69, 9.17) is 4.74 Å². The van der Waals surface area contributed by atoms with E-state index >= 15 is 0 Å². The first kappa shape index (κ1) is 16.0. The average molecular weight is 305 g/mol. The van der Waals surface area contributed by atoms with E-state index in [0.717, 1.165) is 0 Å².